The zero-order valence-corrected chi connectivity index (χ0v) is 13.1. The van der Waals surface area contributed by atoms with Gasteiger partial charge in [-0.1, -0.05) is 35.4 Å². The summed E-state index contributed by atoms with van der Waals surface area (Å²) in [6.07, 6.45) is 5.94. The number of nitrogens with one attached hydrogen (secondary N) is 1. The second kappa shape index (κ2) is 5.11. The SMILES string of the molecule is CCC[C@@H]1CC(=O)C[C@@]2(O1)C(=O)NC1=CCCC(Br)=C12. The lowest BCUT2D eigenvalue weighted by atomic mass is 9.82. The van der Waals surface area contributed by atoms with Gasteiger partial charge >= 0.3 is 0 Å². The number of amides is 1. The fraction of sp³-hybridized carbons (Fsp3) is 0.600. The van der Waals surface area contributed by atoms with E-state index in [-0.39, 0.29) is 24.2 Å². The fourth-order valence-corrected chi connectivity index (χ4v) is 4.10. The molecule has 108 valence electrons. The van der Waals surface area contributed by atoms with E-state index in [4.69, 9.17) is 4.74 Å². The normalized spacial score (nSPS) is 33.3. The molecule has 0 unspecified atom stereocenters. The summed E-state index contributed by atoms with van der Waals surface area (Å²) in [5.74, 6) is -0.0729. The molecule has 3 rings (SSSR count). The summed E-state index contributed by atoms with van der Waals surface area (Å²) in [4.78, 5) is 24.6. The molecule has 1 amide bonds. The molecule has 4 nitrogen and oxygen atoms in total. The Bertz CT molecular complexity index is 537. The predicted octanol–water partition coefficient (Wildman–Crippen LogP) is 2.73. The summed E-state index contributed by atoms with van der Waals surface area (Å²) in [5.41, 5.74) is 0.571. The minimum absolute atomic E-state index is 0.115. The minimum Gasteiger partial charge on any atom is -0.356 e. The number of Topliss-reactive ketones (excluding diaryl/α,β-unsaturated/α-hetero) is 1. The van der Waals surface area contributed by atoms with Crippen molar-refractivity contribution in [2.45, 2.75) is 57.2 Å². The molecule has 0 aromatic heterocycles. The Morgan fingerprint density at radius 3 is 3.05 bits per heavy atom. The van der Waals surface area contributed by atoms with E-state index >= 15 is 0 Å². The number of ketones is 1. The largest absolute Gasteiger partial charge is 0.356 e. The first-order valence-corrected chi connectivity index (χ1v) is 7.96. The molecule has 2 heterocycles. The van der Waals surface area contributed by atoms with Gasteiger partial charge in [-0.05, 0) is 19.3 Å². The molecule has 0 aromatic rings. The van der Waals surface area contributed by atoms with Gasteiger partial charge in [0.05, 0.1) is 6.10 Å². The van der Waals surface area contributed by atoms with Gasteiger partial charge in [-0.25, -0.2) is 0 Å². The smallest absolute Gasteiger partial charge is 0.261 e. The van der Waals surface area contributed by atoms with Crippen molar-refractivity contribution in [2.75, 3.05) is 0 Å². The van der Waals surface area contributed by atoms with E-state index < -0.39 is 5.60 Å². The summed E-state index contributed by atoms with van der Waals surface area (Å²) >= 11 is 3.57. The molecule has 1 N–H and O–H groups in total. The highest BCUT2D eigenvalue weighted by Crippen LogP contribution is 2.46. The van der Waals surface area contributed by atoms with Crippen LogP contribution in [-0.4, -0.2) is 23.4 Å². The highest BCUT2D eigenvalue weighted by Gasteiger charge is 2.56. The van der Waals surface area contributed by atoms with E-state index in [2.05, 4.69) is 28.2 Å². The maximum absolute atomic E-state index is 12.5. The van der Waals surface area contributed by atoms with Crippen LogP contribution >= 0.6 is 15.9 Å². The third-order valence-corrected chi connectivity index (χ3v) is 4.94. The molecule has 3 aliphatic rings. The second-order valence-electron chi connectivity index (χ2n) is 5.67. The predicted molar refractivity (Wildman–Crippen MR) is 78.2 cm³/mol. The molecular formula is C15H18BrNO3. The van der Waals surface area contributed by atoms with Crippen molar-refractivity contribution in [3.8, 4) is 0 Å². The zero-order valence-electron chi connectivity index (χ0n) is 11.5. The summed E-state index contributed by atoms with van der Waals surface area (Å²) in [7, 11) is 0. The number of carbonyl (C=O) groups excluding carboxylic acids is 2. The molecule has 1 spiro atoms. The molecule has 20 heavy (non-hydrogen) atoms. The lowest BCUT2D eigenvalue weighted by Crippen LogP contribution is -2.50. The maximum atomic E-state index is 12.5. The van der Waals surface area contributed by atoms with Crippen LogP contribution in [0.3, 0.4) is 0 Å². The van der Waals surface area contributed by atoms with E-state index in [0.29, 0.717) is 6.42 Å². The number of allylic oxidation sites excluding steroid dienone is 2. The number of hydrogen-bond donors (Lipinski definition) is 1. The lowest BCUT2D eigenvalue weighted by molar-refractivity contribution is -0.161. The highest BCUT2D eigenvalue weighted by molar-refractivity contribution is 9.11. The highest BCUT2D eigenvalue weighted by atomic mass is 79.9. The van der Waals surface area contributed by atoms with Crippen molar-refractivity contribution in [3.63, 3.8) is 0 Å². The molecule has 1 aliphatic carbocycles. The van der Waals surface area contributed by atoms with Gasteiger partial charge in [0.2, 0.25) is 0 Å². The summed E-state index contributed by atoms with van der Waals surface area (Å²) in [5, 5.41) is 2.89. The van der Waals surface area contributed by atoms with E-state index in [1.807, 2.05) is 6.08 Å². The van der Waals surface area contributed by atoms with Crippen LogP contribution in [-0.2, 0) is 14.3 Å². The standard InChI is InChI=1S/C15H18BrNO3/c1-2-4-10-7-9(18)8-15(20-10)13-11(16)5-3-6-12(13)17-14(15)19/h6,10H,2-5,7-8H2,1H3,(H,17,19)/t10-,15+/m1/s1. The van der Waals surface area contributed by atoms with Crippen molar-refractivity contribution < 1.29 is 14.3 Å². The van der Waals surface area contributed by atoms with Crippen molar-refractivity contribution in [3.05, 3.63) is 21.8 Å². The Kier molecular flexibility index (Phi) is 3.58. The number of ether oxygens (including phenoxy) is 1. The van der Waals surface area contributed by atoms with Crippen LogP contribution in [0.5, 0.6) is 0 Å². The molecular weight excluding hydrogens is 322 g/mol. The average molecular weight is 340 g/mol. The van der Waals surface area contributed by atoms with Crippen molar-refractivity contribution in [2.24, 2.45) is 0 Å². The number of carbonyl (C=O) groups is 2. The molecule has 2 atom stereocenters. The molecule has 2 aliphatic heterocycles. The number of rotatable bonds is 2. The average Bonchev–Trinajstić information content (AvgIpc) is 2.63. The third kappa shape index (κ3) is 2.07. The Morgan fingerprint density at radius 1 is 1.50 bits per heavy atom. The molecule has 0 aromatic carbocycles. The molecule has 0 bridgehead atoms. The topological polar surface area (TPSA) is 55.4 Å². The Balaban J connectivity index is 2.03. The second-order valence-corrected chi connectivity index (χ2v) is 6.62. The maximum Gasteiger partial charge on any atom is 0.261 e. The first-order chi connectivity index (χ1) is 9.56. The number of halogens is 1. The first kappa shape index (κ1) is 14.0. The first-order valence-electron chi connectivity index (χ1n) is 7.17. The fourth-order valence-electron chi connectivity index (χ4n) is 3.34. The molecule has 2 fully saturated rings. The van der Waals surface area contributed by atoms with E-state index in [1.54, 1.807) is 0 Å². The van der Waals surface area contributed by atoms with E-state index in [9.17, 15) is 9.59 Å². The quantitative estimate of drug-likeness (QED) is 0.841. The number of hydrogen-bond acceptors (Lipinski definition) is 3. The Labute approximate surface area is 126 Å². The van der Waals surface area contributed by atoms with Crippen LogP contribution in [0.2, 0.25) is 0 Å². The van der Waals surface area contributed by atoms with Crippen LogP contribution in [0.15, 0.2) is 21.8 Å². The lowest BCUT2D eigenvalue weighted by Gasteiger charge is -2.37. The summed E-state index contributed by atoms with van der Waals surface area (Å²) in [6, 6.07) is 0. The Morgan fingerprint density at radius 2 is 2.30 bits per heavy atom. The third-order valence-electron chi connectivity index (χ3n) is 4.15. The summed E-state index contributed by atoms with van der Waals surface area (Å²) in [6.45, 7) is 2.06. The van der Waals surface area contributed by atoms with Crippen LogP contribution in [0, 0.1) is 0 Å². The minimum atomic E-state index is -1.10. The summed E-state index contributed by atoms with van der Waals surface area (Å²) < 4.78 is 7.12. The molecule has 5 heteroatoms. The van der Waals surface area contributed by atoms with Gasteiger partial charge in [0, 0.05) is 28.6 Å². The monoisotopic (exact) mass is 339 g/mol. The van der Waals surface area contributed by atoms with Gasteiger partial charge in [0.15, 0.2) is 5.60 Å². The van der Waals surface area contributed by atoms with Crippen LogP contribution in [0.4, 0.5) is 0 Å². The van der Waals surface area contributed by atoms with Crippen LogP contribution in [0.25, 0.3) is 0 Å². The van der Waals surface area contributed by atoms with Gasteiger partial charge in [-0.2, -0.15) is 0 Å². The van der Waals surface area contributed by atoms with E-state index in [0.717, 1.165) is 41.4 Å². The van der Waals surface area contributed by atoms with Crippen molar-refractivity contribution in [1.29, 1.82) is 0 Å². The number of fused-ring (bicyclic) bond motifs is 2. The van der Waals surface area contributed by atoms with Gasteiger partial charge in [0.1, 0.15) is 5.78 Å². The van der Waals surface area contributed by atoms with Crippen molar-refractivity contribution in [1.82, 2.24) is 5.32 Å². The van der Waals surface area contributed by atoms with Crippen LogP contribution < -0.4 is 5.32 Å². The van der Waals surface area contributed by atoms with Gasteiger partial charge < -0.3 is 10.1 Å². The van der Waals surface area contributed by atoms with Crippen molar-refractivity contribution >= 4 is 27.6 Å². The molecule has 0 saturated carbocycles. The Hall–Kier alpha value is -0.940. The van der Waals surface area contributed by atoms with Gasteiger partial charge in [-0.15, -0.1) is 0 Å². The van der Waals surface area contributed by atoms with Gasteiger partial charge in [-0.3, -0.25) is 9.59 Å². The molecule has 0 radical (unpaired) electrons. The zero-order chi connectivity index (χ0) is 14.3. The van der Waals surface area contributed by atoms with E-state index in [1.165, 1.54) is 0 Å². The molecule has 2 saturated heterocycles. The van der Waals surface area contributed by atoms with Crippen LogP contribution in [0.1, 0.15) is 45.4 Å². The van der Waals surface area contributed by atoms with Gasteiger partial charge in [0.25, 0.3) is 5.91 Å².